The van der Waals surface area contributed by atoms with Gasteiger partial charge in [-0.1, -0.05) is 29.8 Å². The number of hydrogen-bond donors (Lipinski definition) is 0. The van der Waals surface area contributed by atoms with E-state index in [1.807, 2.05) is 69.6 Å². The fourth-order valence-corrected chi connectivity index (χ4v) is 4.36. The summed E-state index contributed by atoms with van der Waals surface area (Å²) in [6, 6.07) is 13.5. The minimum atomic E-state index is 0.422. The maximum atomic E-state index is 9.96. The van der Waals surface area contributed by atoms with Crippen molar-refractivity contribution < 1.29 is 9.47 Å². The highest BCUT2D eigenvalue weighted by atomic mass is 35.5. The summed E-state index contributed by atoms with van der Waals surface area (Å²) >= 11 is 8.15. The van der Waals surface area contributed by atoms with Crippen molar-refractivity contribution in [2.75, 3.05) is 60.8 Å². The van der Waals surface area contributed by atoms with Gasteiger partial charge in [-0.05, 0) is 32.4 Å². The summed E-state index contributed by atoms with van der Waals surface area (Å²) in [5, 5.41) is 11.3. The van der Waals surface area contributed by atoms with Crippen molar-refractivity contribution in [2.24, 2.45) is 9.98 Å². The van der Waals surface area contributed by atoms with E-state index in [2.05, 4.69) is 11.0 Å². The molecule has 0 N–H and O–H groups in total. The molecule has 1 heterocycles. The highest BCUT2D eigenvalue weighted by molar-refractivity contribution is 8.13. The van der Waals surface area contributed by atoms with E-state index in [1.54, 1.807) is 13.2 Å². The van der Waals surface area contributed by atoms with Crippen LogP contribution in [0.5, 0.6) is 5.75 Å². The lowest BCUT2D eigenvalue weighted by Crippen LogP contribution is -2.27. The average Bonchev–Trinajstić information content (AvgIpc) is 3.03. The molecule has 1 aliphatic rings. The summed E-state index contributed by atoms with van der Waals surface area (Å²) in [4.78, 5) is 14.2. The lowest BCUT2D eigenvalue weighted by molar-refractivity contribution is 0.150. The van der Waals surface area contributed by atoms with Crippen LogP contribution < -0.4 is 4.74 Å². The van der Waals surface area contributed by atoms with Gasteiger partial charge in [0.15, 0.2) is 0 Å². The Morgan fingerprint density at radius 1 is 1.08 bits per heavy atom. The van der Waals surface area contributed by atoms with Crippen molar-refractivity contribution >= 4 is 39.8 Å². The molecule has 9 heteroatoms. The molecule has 0 aliphatic carbocycles. The van der Waals surface area contributed by atoms with Crippen molar-refractivity contribution in [1.82, 2.24) is 9.80 Å². The van der Waals surface area contributed by atoms with E-state index in [0.29, 0.717) is 47.5 Å². The molecule has 0 spiro atoms. The largest absolute Gasteiger partial charge is 0.491 e. The second kappa shape index (κ2) is 12.9. The van der Waals surface area contributed by atoms with Crippen LogP contribution in [0.15, 0.2) is 57.8 Å². The van der Waals surface area contributed by atoms with E-state index in [0.717, 1.165) is 34.1 Å². The van der Waals surface area contributed by atoms with Crippen LogP contribution in [0.25, 0.3) is 0 Å². The predicted octanol–water partition coefficient (Wildman–Crippen LogP) is 5.21. The zero-order chi connectivity index (χ0) is 26.2. The summed E-state index contributed by atoms with van der Waals surface area (Å²) in [6.07, 6.45) is 1.98. The lowest BCUT2D eigenvalue weighted by atomic mass is 9.98. The molecule has 0 saturated heterocycles. The molecule has 0 fully saturated rings. The molecule has 0 unspecified atom stereocenters. The zero-order valence-corrected chi connectivity index (χ0v) is 23.2. The average molecular weight is 526 g/mol. The Bertz CT molecular complexity index is 1230. The maximum Gasteiger partial charge on any atom is 0.139 e. The van der Waals surface area contributed by atoms with Gasteiger partial charge in [-0.15, -0.1) is 11.8 Å². The Morgan fingerprint density at radius 2 is 1.81 bits per heavy atom. The van der Waals surface area contributed by atoms with Crippen molar-refractivity contribution in [1.29, 1.82) is 5.26 Å². The number of nitriles is 1. The molecule has 1 aliphatic heterocycles. The van der Waals surface area contributed by atoms with E-state index < -0.39 is 0 Å². The van der Waals surface area contributed by atoms with E-state index >= 15 is 0 Å². The summed E-state index contributed by atoms with van der Waals surface area (Å²) in [7, 11) is 7.65. The van der Waals surface area contributed by atoms with E-state index in [1.165, 1.54) is 11.8 Å². The number of thioether (sulfide) groups is 1. The molecule has 3 rings (SSSR count). The van der Waals surface area contributed by atoms with E-state index in [-0.39, 0.29) is 0 Å². The third kappa shape index (κ3) is 6.48. The van der Waals surface area contributed by atoms with Crippen molar-refractivity contribution in [3.8, 4) is 11.8 Å². The highest BCUT2D eigenvalue weighted by Gasteiger charge is 2.24. The number of aliphatic imine (C=N–C) groups is 2. The van der Waals surface area contributed by atoms with Crippen molar-refractivity contribution in [3.05, 3.63) is 69.5 Å². The first-order valence-electron chi connectivity index (χ1n) is 11.5. The Hall–Kier alpha value is -2.83. The third-order valence-electron chi connectivity index (χ3n) is 5.87. The molecule has 36 heavy (non-hydrogen) atoms. The zero-order valence-electron chi connectivity index (χ0n) is 21.6. The topological polar surface area (TPSA) is 73.5 Å². The quantitative estimate of drug-likeness (QED) is 0.447. The van der Waals surface area contributed by atoms with Crippen molar-refractivity contribution in [3.63, 3.8) is 0 Å². The number of ether oxygens (including phenoxy) is 2. The minimum absolute atomic E-state index is 0.422. The summed E-state index contributed by atoms with van der Waals surface area (Å²) < 4.78 is 11.2. The fourth-order valence-electron chi connectivity index (χ4n) is 3.56. The summed E-state index contributed by atoms with van der Waals surface area (Å²) in [6.45, 7) is 4.60. The maximum absolute atomic E-state index is 9.96. The molecule has 0 saturated carbocycles. The molecule has 0 bridgehead atoms. The van der Waals surface area contributed by atoms with Crippen LogP contribution in [0, 0.1) is 11.3 Å². The molecular weight excluding hydrogens is 494 g/mol. The number of likely N-dealkylation sites (N-methyl/N-ethyl adjacent to an activating group) is 1. The van der Waals surface area contributed by atoms with Crippen LogP contribution in [0.4, 0.5) is 5.69 Å². The number of allylic oxidation sites excluding steroid dienone is 1. The number of halogens is 1. The fraction of sp³-hybridized carbons (Fsp3) is 0.370. The van der Waals surface area contributed by atoms with E-state index in [9.17, 15) is 5.26 Å². The molecule has 0 aromatic heterocycles. The lowest BCUT2D eigenvalue weighted by Gasteiger charge is -2.18. The normalized spacial score (nSPS) is 14.4. The van der Waals surface area contributed by atoms with Gasteiger partial charge in [0, 0.05) is 62.2 Å². The molecule has 0 amide bonds. The molecule has 2 aromatic carbocycles. The molecule has 2 aromatic rings. The first-order chi connectivity index (χ1) is 17.3. The molecule has 190 valence electrons. The van der Waals surface area contributed by atoms with Gasteiger partial charge in [0.1, 0.15) is 29.2 Å². The summed E-state index contributed by atoms with van der Waals surface area (Å²) in [5.74, 6) is 0.496. The van der Waals surface area contributed by atoms with Crippen LogP contribution in [0.2, 0.25) is 5.02 Å². The minimum Gasteiger partial charge on any atom is -0.491 e. The van der Waals surface area contributed by atoms with Gasteiger partial charge in [0.2, 0.25) is 0 Å². The second-order valence-electron chi connectivity index (χ2n) is 8.51. The van der Waals surface area contributed by atoms with Crippen LogP contribution in [0.3, 0.4) is 0 Å². The number of rotatable bonds is 9. The third-order valence-corrected chi connectivity index (χ3v) is 6.87. The number of methoxy groups -OCH3 is 1. The monoisotopic (exact) mass is 525 g/mol. The van der Waals surface area contributed by atoms with Gasteiger partial charge >= 0.3 is 0 Å². The van der Waals surface area contributed by atoms with Gasteiger partial charge in [-0.2, -0.15) is 5.26 Å². The van der Waals surface area contributed by atoms with Crippen LogP contribution >= 0.6 is 23.4 Å². The number of fused-ring (bicyclic) bond motifs is 1. The van der Waals surface area contributed by atoms with Gasteiger partial charge in [0.25, 0.3) is 0 Å². The number of hydrogen-bond acceptors (Lipinski definition) is 8. The Labute approximate surface area is 223 Å². The molecule has 7 nitrogen and oxygen atoms in total. The SMILES string of the molecule is COCCN(C)CCOc1cc2c(cc1C#N)C(c1ccccc1Cl)=NC(=C(C)N(C)C)C(SC)=N2. The molecule has 0 atom stereocenters. The second-order valence-corrected chi connectivity index (χ2v) is 9.71. The first-order valence-corrected chi connectivity index (χ1v) is 13.1. The first kappa shape index (κ1) is 27.8. The predicted molar refractivity (Wildman–Crippen MR) is 150 cm³/mol. The van der Waals surface area contributed by atoms with Gasteiger partial charge in [0.05, 0.1) is 23.6 Å². The van der Waals surface area contributed by atoms with Crippen molar-refractivity contribution in [2.45, 2.75) is 6.92 Å². The summed E-state index contributed by atoms with van der Waals surface area (Å²) in [5.41, 5.74) is 5.02. The standard InChI is InChI=1S/C27H32ClN5O2S/c1-18(32(2)3)25-27(36-6)30-23-16-24(35-14-12-33(4)11-13-34-5)19(17-29)15-21(23)26(31-25)20-9-7-8-10-22(20)28/h7-10,15-16H,11-14H2,1-6H3. The van der Waals surface area contributed by atoms with Crippen LogP contribution in [-0.4, -0.2) is 81.4 Å². The molecule has 0 radical (unpaired) electrons. The highest BCUT2D eigenvalue weighted by Crippen LogP contribution is 2.37. The smallest absolute Gasteiger partial charge is 0.139 e. The van der Waals surface area contributed by atoms with Gasteiger partial charge in [-0.3, -0.25) is 0 Å². The van der Waals surface area contributed by atoms with Crippen LogP contribution in [-0.2, 0) is 4.74 Å². The number of nitrogens with zero attached hydrogens (tertiary/aromatic N) is 5. The Kier molecular flexibility index (Phi) is 9.97. The Balaban J connectivity index is 2.14. The van der Waals surface area contributed by atoms with E-state index in [4.69, 9.17) is 31.1 Å². The van der Waals surface area contributed by atoms with Gasteiger partial charge < -0.3 is 19.3 Å². The van der Waals surface area contributed by atoms with Gasteiger partial charge in [-0.25, -0.2) is 9.98 Å². The number of benzene rings is 2. The Morgan fingerprint density at radius 3 is 2.44 bits per heavy atom. The van der Waals surface area contributed by atoms with Crippen LogP contribution in [0.1, 0.15) is 23.6 Å². The molecular formula is C27H32ClN5O2S.